The van der Waals surface area contributed by atoms with Crippen LogP contribution in [0, 0.1) is 0 Å². The van der Waals surface area contributed by atoms with Crippen LogP contribution in [0.3, 0.4) is 0 Å². The monoisotopic (exact) mass is 242 g/mol. The summed E-state index contributed by atoms with van der Waals surface area (Å²) in [5, 5.41) is 7.71. The lowest BCUT2D eigenvalue weighted by atomic mass is 10.2. The van der Waals surface area contributed by atoms with Crippen molar-refractivity contribution in [3.05, 3.63) is 11.5 Å². The highest BCUT2D eigenvalue weighted by Gasteiger charge is 2.08. The molecular formula is C11H19ClN4. The molecule has 0 saturated carbocycles. The summed E-state index contributed by atoms with van der Waals surface area (Å²) in [4.78, 5) is 6.43. The second-order valence-corrected chi connectivity index (χ2v) is 4.12. The lowest BCUT2D eigenvalue weighted by Gasteiger charge is -2.22. The first-order valence-electron chi connectivity index (χ1n) is 5.88. The molecule has 4 nitrogen and oxygen atoms in total. The molecule has 1 rings (SSSR count). The first-order chi connectivity index (χ1) is 7.77. The van der Waals surface area contributed by atoms with E-state index in [1.165, 1.54) is 12.8 Å². The molecule has 0 atom stereocenters. The number of rotatable bonds is 7. The molecule has 0 aliphatic carbocycles. The fourth-order valence-corrected chi connectivity index (χ4v) is 1.60. The van der Waals surface area contributed by atoms with E-state index in [1.54, 1.807) is 6.20 Å². The van der Waals surface area contributed by atoms with Gasteiger partial charge in [0.1, 0.15) is 0 Å². The van der Waals surface area contributed by atoms with Gasteiger partial charge in [0.05, 0.1) is 6.20 Å². The highest BCUT2D eigenvalue weighted by atomic mass is 35.5. The zero-order valence-corrected chi connectivity index (χ0v) is 10.7. The fourth-order valence-electron chi connectivity index (χ4n) is 1.47. The minimum absolute atomic E-state index is 0.218. The summed E-state index contributed by atoms with van der Waals surface area (Å²) in [6.45, 7) is 6.38. The minimum Gasteiger partial charge on any atom is -0.355 e. The van der Waals surface area contributed by atoms with Gasteiger partial charge in [-0.2, -0.15) is 10.1 Å². The van der Waals surface area contributed by atoms with Crippen LogP contribution >= 0.6 is 11.6 Å². The summed E-state index contributed by atoms with van der Waals surface area (Å²) >= 11 is 5.75. The molecular weight excluding hydrogens is 224 g/mol. The van der Waals surface area contributed by atoms with Gasteiger partial charge in [0.25, 0.3) is 0 Å². The molecule has 0 unspecified atom stereocenters. The highest BCUT2D eigenvalue weighted by Crippen LogP contribution is 2.12. The summed E-state index contributed by atoms with van der Waals surface area (Å²) in [5.74, 6) is 0.835. The van der Waals surface area contributed by atoms with Crippen LogP contribution in [0.1, 0.15) is 39.5 Å². The van der Waals surface area contributed by atoms with Crippen LogP contribution in [0.15, 0.2) is 6.20 Å². The Labute approximate surface area is 102 Å². The van der Waals surface area contributed by atoms with Gasteiger partial charge in [0, 0.05) is 13.1 Å². The van der Waals surface area contributed by atoms with Gasteiger partial charge < -0.3 is 4.90 Å². The maximum absolute atomic E-state index is 5.75. The van der Waals surface area contributed by atoms with E-state index in [0.717, 1.165) is 31.7 Å². The molecule has 16 heavy (non-hydrogen) atoms. The van der Waals surface area contributed by atoms with Gasteiger partial charge in [-0.25, -0.2) is 0 Å². The van der Waals surface area contributed by atoms with Crippen molar-refractivity contribution in [2.45, 2.75) is 39.5 Å². The van der Waals surface area contributed by atoms with E-state index in [1.807, 2.05) is 0 Å². The van der Waals surface area contributed by atoms with E-state index < -0.39 is 0 Å². The maximum Gasteiger partial charge on any atom is 0.244 e. The molecule has 1 aromatic rings. The van der Waals surface area contributed by atoms with Crippen LogP contribution < -0.4 is 4.90 Å². The van der Waals surface area contributed by atoms with E-state index in [9.17, 15) is 0 Å². The lowest BCUT2D eigenvalue weighted by Crippen LogP contribution is -2.26. The van der Waals surface area contributed by atoms with Crippen LogP contribution in [-0.2, 0) is 0 Å². The average Bonchev–Trinajstić information content (AvgIpc) is 2.29. The standard InChI is InChI=1S/C11H19ClN4/c1-3-5-7-16(8-6-4-2)10-9-13-15-11(12)14-10/h9H,3-8H2,1-2H3. The summed E-state index contributed by atoms with van der Waals surface area (Å²) in [6.07, 6.45) is 6.34. The second kappa shape index (κ2) is 7.39. The Hall–Kier alpha value is -0.900. The van der Waals surface area contributed by atoms with Crippen LogP contribution in [-0.4, -0.2) is 28.3 Å². The Balaban J connectivity index is 2.66. The summed E-state index contributed by atoms with van der Waals surface area (Å²) in [7, 11) is 0. The first kappa shape index (κ1) is 13.2. The van der Waals surface area contributed by atoms with Gasteiger partial charge in [0.15, 0.2) is 5.82 Å². The largest absolute Gasteiger partial charge is 0.355 e. The summed E-state index contributed by atoms with van der Waals surface area (Å²) in [6, 6.07) is 0. The molecule has 0 spiro atoms. The lowest BCUT2D eigenvalue weighted by molar-refractivity contribution is 0.667. The quantitative estimate of drug-likeness (QED) is 0.737. The second-order valence-electron chi connectivity index (χ2n) is 3.78. The molecule has 0 N–H and O–H groups in total. The third-order valence-electron chi connectivity index (χ3n) is 2.41. The summed E-state index contributed by atoms with van der Waals surface area (Å²) in [5.41, 5.74) is 0. The smallest absolute Gasteiger partial charge is 0.244 e. The van der Waals surface area contributed by atoms with Gasteiger partial charge in [-0.3, -0.25) is 0 Å². The van der Waals surface area contributed by atoms with Crippen LogP contribution in [0.5, 0.6) is 0 Å². The van der Waals surface area contributed by atoms with Crippen molar-refractivity contribution >= 4 is 17.4 Å². The van der Waals surface area contributed by atoms with Gasteiger partial charge >= 0.3 is 0 Å². The van der Waals surface area contributed by atoms with Gasteiger partial charge in [0.2, 0.25) is 5.28 Å². The minimum atomic E-state index is 0.218. The first-order valence-corrected chi connectivity index (χ1v) is 6.25. The highest BCUT2D eigenvalue weighted by molar-refractivity contribution is 6.28. The Bertz CT molecular complexity index is 298. The Morgan fingerprint density at radius 1 is 1.19 bits per heavy atom. The zero-order chi connectivity index (χ0) is 11.8. The molecule has 0 aliphatic rings. The van der Waals surface area contributed by atoms with Gasteiger partial charge in [-0.05, 0) is 24.4 Å². The van der Waals surface area contributed by atoms with Gasteiger partial charge in [-0.15, -0.1) is 5.10 Å². The van der Waals surface area contributed by atoms with Crippen LogP contribution in [0.4, 0.5) is 5.82 Å². The average molecular weight is 243 g/mol. The maximum atomic E-state index is 5.75. The molecule has 1 heterocycles. The molecule has 0 aliphatic heterocycles. The number of anilines is 1. The molecule has 0 bridgehead atoms. The number of hydrogen-bond acceptors (Lipinski definition) is 4. The molecule has 5 heteroatoms. The number of nitrogens with zero attached hydrogens (tertiary/aromatic N) is 4. The van der Waals surface area contributed by atoms with Crippen molar-refractivity contribution in [1.82, 2.24) is 15.2 Å². The number of halogens is 1. The van der Waals surface area contributed by atoms with E-state index in [4.69, 9.17) is 11.6 Å². The SMILES string of the molecule is CCCCN(CCCC)c1cnnc(Cl)n1. The normalized spacial score (nSPS) is 10.4. The van der Waals surface area contributed by atoms with Crippen molar-refractivity contribution in [2.24, 2.45) is 0 Å². The fraction of sp³-hybridized carbons (Fsp3) is 0.727. The zero-order valence-electron chi connectivity index (χ0n) is 9.99. The van der Waals surface area contributed by atoms with E-state index in [-0.39, 0.29) is 5.28 Å². The molecule has 0 aromatic carbocycles. The number of aromatic nitrogens is 3. The predicted octanol–water partition coefficient (Wildman–Crippen LogP) is 2.93. The van der Waals surface area contributed by atoms with E-state index in [2.05, 4.69) is 33.9 Å². The van der Waals surface area contributed by atoms with Crippen molar-refractivity contribution in [2.75, 3.05) is 18.0 Å². The van der Waals surface area contributed by atoms with Crippen molar-refractivity contribution in [1.29, 1.82) is 0 Å². The molecule has 0 fully saturated rings. The third kappa shape index (κ3) is 4.31. The van der Waals surface area contributed by atoms with Gasteiger partial charge in [-0.1, -0.05) is 26.7 Å². The molecule has 0 saturated heterocycles. The molecule has 1 aromatic heterocycles. The van der Waals surface area contributed by atoms with Crippen molar-refractivity contribution in [3.8, 4) is 0 Å². The third-order valence-corrected chi connectivity index (χ3v) is 2.57. The van der Waals surface area contributed by atoms with E-state index >= 15 is 0 Å². The van der Waals surface area contributed by atoms with Crippen LogP contribution in [0.25, 0.3) is 0 Å². The topological polar surface area (TPSA) is 41.9 Å². The van der Waals surface area contributed by atoms with E-state index in [0.29, 0.717) is 0 Å². The molecule has 0 radical (unpaired) electrons. The van der Waals surface area contributed by atoms with Crippen molar-refractivity contribution in [3.63, 3.8) is 0 Å². The summed E-state index contributed by atoms with van der Waals surface area (Å²) < 4.78 is 0. The number of hydrogen-bond donors (Lipinski definition) is 0. The molecule has 90 valence electrons. The Morgan fingerprint density at radius 2 is 1.81 bits per heavy atom. The van der Waals surface area contributed by atoms with Crippen LogP contribution in [0.2, 0.25) is 5.28 Å². The number of unbranched alkanes of at least 4 members (excludes halogenated alkanes) is 2. The Morgan fingerprint density at radius 3 is 2.31 bits per heavy atom. The van der Waals surface area contributed by atoms with Crippen molar-refractivity contribution < 1.29 is 0 Å². The molecule has 0 amide bonds. The Kier molecular flexibility index (Phi) is 6.08. The predicted molar refractivity (Wildman–Crippen MR) is 66.9 cm³/mol.